The smallest absolute Gasteiger partial charge is 0.240 e. The van der Waals surface area contributed by atoms with E-state index in [4.69, 9.17) is 0 Å². The van der Waals surface area contributed by atoms with E-state index in [0.29, 0.717) is 23.3 Å². The first-order chi connectivity index (χ1) is 10.4. The van der Waals surface area contributed by atoms with Gasteiger partial charge in [-0.2, -0.15) is 0 Å². The molecular weight excluding hydrogens is 366 g/mol. The molecule has 0 aromatic heterocycles. The largest absolute Gasteiger partial charge is 0.326 e. The van der Waals surface area contributed by atoms with Gasteiger partial charge in [0.25, 0.3) is 0 Å². The molecule has 0 bridgehead atoms. The van der Waals surface area contributed by atoms with Crippen molar-refractivity contribution in [2.45, 2.75) is 25.5 Å². The average Bonchev–Trinajstić information content (AvgIpc) is 2.79. The number of aliphatic imine (C=N–C) groups is 1. The first-order valence-electron chi connectivity index (χ1n) is 7.01. The van der Waals surface area contributed by atoms with E-state index in [2.05, 4.69) is 45.4 Å². The van der Waals surface area contributed by atoms with Crippen LogP contribution >= 0.6 is 27.7 Å². The summed E-state index contributed by atoms with van der Waals surface area (Å²) < 4.78 is 0.947. The first kappa shape index (κ1) is 17.0. The highest BCUT2D eigenvalue weighted by molar-refractivity contribution is 9.10. The van der Waals surface area contributed by atoms with Crippen molar-refractivity contribution in [2.24, 2.45) is 10.9 Å². The van der Waals surface area contributed by atoms with Gasteiger partial charge in [-0.05, 0) is 30.2 Å². The van der Waals surface area contributed by atoms with Crippen molar-refractivity contribution in [1.82, 2.24) is 5.32 Å². The fraction of sp³-hybridized carbons (Fsp3) is 0.400. The monoisotopic (exact) mass is 383 g/mol. The molecule has 1 aromatic rings. The summed E-state index contributed by atoms with van der Waals surface area (Å²) in [6.07, 6.45) is 0.132. The Labute approximate surface area is 142 Å². The maximum absolute atomic E-state index is 12.0. The van der Waals surface area contributed by atoms with Crippen molar-refractivity contribution in [3.63, 3.8) is 0 Å². The molecule has 1 aromatic carbocycles. The topological polar surface area (TPSA) is 70.6 Å². The van der Waals surface area contributed by atoms with Crippen LogP contribution in [0.5, 0.6) is 0 Å². The number of benzene rings is 1. The van der Waals surface area contributed by atoms with Crippen LogP contribution in [0.4, 0.5) is 5.69 Å². The molecule has 0 aliphatic carbocycles. The van der Waals surface area contributed by atoms with Crippen molar-refractivity contribution >= 4 is 50.4 Å². The Bertz CT molecular complexity index is 587. The molecule has 0 radical (unpaired) electrons. The van der Waals surface area contributed by atoms with Gasteiger partial charge in [0, 0.05) is 23.1 Å². The summed E-state index contributed by atoms with van der Waals surface area (Å²) in [5.41, 5.74) is 0.713. The Balaban J connectivity index is 1.87. The first-order valence-corrected chi connectivity index (χ1v) is 8.68. The molecule has 118 valence electrons. The number of amides is 2. The highest BCUT2D eigenvalue weighted by atomic mass is 79.9. The number of rotatable bonds is 5. The van der Waals surface area contributed by atoms with Crippen LogP contribution in [0.1, 0.15) is 20.3 Å². The van der Waals surface area contributed by atoms with Crippen LogP contribution in [0.3, 0.4) is 0 Å². The van der Waals surface area contributed by atoms with E-state index < -0.39 is 5.25 Å². The Morgan fingerprint density at radius 3 is 2.73 bits per heavy atom. The summed E-state index contributed by atoms with van der Waals surface area (Å²) in [5.74, 6) is 0.100. The number of hydrogen-bond acceptors (Lipinski definition) is 4. The highest BCUT2D eigenvalue weighted by Crippen LogP contribution is 2.23. The predicted molar refractivity (Wildman–Crippen MR) is 94.1 cm³/mol. The van der Waals surface area contributed by atoms with Gasteiger partial charge < -0.3 is 10.6 Å². The van der Waals surface area contributed by atoms with Gasteiger partial charge in [-0.1, -0.05) is 41.5 Å². The Morgan fingerprint density at radius 2 is 2.09 bits per heavy atom. The lowest BCUT2D eigenvalue weighted by molar-refractivity contribution is -0.122. The molecule has 0 saturated carbocycles. The van der Waals surface area contributed by atoms with Crippen LogP contribution in [-0.4, -0.2) is 28.8 Å². The zero-order valence-electron chi connectivity index (χ0n) is 12.4. The molecule has 1 atom stereocenters. The number of halogens is 1. The lowest BCUT2D eigenvalue weighted by Gasteiger charge is -2.07. The number of amidine groups is 1. The third-order valence-electron chi connectivity index (χ3n) is 2.88. The number of carbonyl (C=O) groups excluding carboxylic acids is 2. The number of thioether (sulfide) groups is 1. The van der Waals surface area contributed by atoms with E-state index >= 15 is 0 Å². The molecule has 1 heterocycles. The second-order valence-electron chi connectivity index (χ2n) is 5.39. The minimum Gasteiger partial charge on any atom is -0.326 e. The van der Waals surface area contributed by atoms with Crippen LogP contribution in [0.2, 0.25) is 0 Å². The number of anilines is 1. The third kappa shape index (κ3) is 5.14. The molecule has 2 N–H and O–H groups in total. The molecule has 1 aliphatic rings. The fourth-order valence-corrected chi connectivity index (χ4v) is 3.04. The summed E-state index contributed by atoms with van der Waals surface area (Å²) in [5, 5.41) is 5.71. The molecule has 1 aliphatic heterocycles. The normalized spacial score (nSPS) is 19.5. The Hall–Kier alpha value is -1.34. The molecular formula is C15H18BrN3O2S. The van der Waals surface area contributed by atoms with Gasteiger partial charge in [0.15, 0.2) is 5.17 Å². The van der Waals surface area contributed by atoms with Crippen LogP contribution in [0.15, 0.2) is 33.7 Å². The van der Waals surface area contributed by atoms with E-state index in [0.717, 1.165) is 4.47 Å². The number of nitrogens with zero attached hydrogens (tertiary/aromatic N) is 1. The standard InChI is InChI=1S/C15H18BrN3O2S/c1-9(2)8-17-15-19-14(21)12(22-15)7-13(20)18-11-5-3-10(16)4-6-11/h3-6,9,12H,7-8H2,1-2H3,(H,18,20)(H,17,19,21)/t12-/m1/s1. The SMILES string of the molecule is CC(C)CN=C1NC(=O)[C@@H](CC(=O)Nc2ccc(Br)cc2)S1. The van der Waals surface area contributed by atoms with Gasteiger partial charge in [-0.15, -0.1) is 0 Å². The number of nitrogens with one attached hydrogen (secondary N) is 2. The minimum atomic E-state index is -0.415. The molecule has 1 fully saturated rings. The van der Waals surface area contributed by atoms with Gasteiger partial charge in [0.1, 0.15) is 5.25 Å². The zero-order chi connectivity index (χ0) is 16.1. The van der Waals surface area contributed by atoms with E-state index in [9.17, 15) is 9.59 Å². The Kier molecular flexibility index (Phi) is 6.02. The van der Waals surface area contributed by atoms with Crippen LogP contribution in [-0.2, 0) is 9.59 Å². The molecule has 2 rings (SSSR count). The second-order valence-corrected chi connectivity index (χ2v) is 7.50. The minimum absolute atomic E-state index is 0.132. The molecule has 0 unspecified atom stereocenters. The lowest BCUT2D eigenvalue weighted by atomic mass is 10.2. The molecule has 22 heavy (non-hydrogen) atoms. The van der Waals surface area contributed by atoms with Crippen LogP contribution < -0.4 is 10.6 Å². The number of carbonyl (C=O) groups is 2. The van der Waals surface area contributed by atoms with E-state index in [1.807, 2.05) is 12.1 Å². The van der Waals surface area contributed by atoms with Crippen LogP contribution in [0, 0.1) is 5.92 Å². The molecule has 5 nitrogen and oxygen atoms in total. The van der Waals surface area contributed by atoms with E-state index in [1.54, 1.807) is 12.1 Å². The number of hydrogen-bond donors (Lipinski definition) is 2. The summed E-state index contributed by atoms with van der Waals surface area (Å²) in [4.78, 5) is 28.2. The van der Waals surface area contributed by atoms with Crippen molar-refractivity contribution in [2.75, 3.05) is 11.9 Å². The van der Waals surface area contributed by atoms with Gasteiger partial charge in [0.2, 0.25) is 11.8 Å². The van der Waals surface area contributed by atoms with Crippen molar-refractivity contribution in [1.29, 1.82) is 0 Å². The Morgan fingerprint density at radius 1 is 1.41 bits per heavy atom. The maximum atomic E-state index is 12.0. The van der Waals surface area contributed by atoms with Gasteiger partial charge in [-0.25, -0.2) is 0 Å². The van der Waals surface area contributed by atoms with E-state index in [1.165, 1.54) is 11.8 Å². The molecule has 2 amide bonds. The van der Waals surface area contributed by atoms with Crippen molar-refractivity contribution in [3.8, 4) is 0 Å². The van der Waals surface area contributed by atoms with Crippen molar-refractivity contribution < 1.29 is 9.59 Å². The molecule has 1 saturated heterocycles. The summed E-state index contributed by atoms with van der Waals surface area (Å²) in [7, 11) is 0. The van der Waals surface area contributed by atoms with Gasteiger partial charge >= 0.3 is 0 Å². The van der Waals surface area contributed by atoms with Gasteiger partial charge in [-0.3, -0.25) is 14.6 Å². The van der Waals surface area contributed by atoms with Crippen LogP contribution in [0.25, 0.3) is 0 Å². The molecule has 0 spiro atoms. The highest BCUT2D eigenvalue weighted by Gasteiger charge is 2.31. The third-order valence-corrected chi connectivity index (χ3v) is 4.52. The summed E-state index contributed by atoms with van der Waals surface area (Å²) >= 11 is 4.66. The fourth-order valence-electron chi connectivity index (χ4n) is 1.79. The summed E-state index contributed by atoms with van der Waals surface area (Å²) in [6.45, 7) is 4.80. The average molecular weight is 384 g/mol. The summed E-state index contributed by atoms with van der Waals surface area (Å²) in [6, 6.07) is 7.31. The van der Waals surface area contributed by atoms with Crippen molar-refractivity contribution in [3.05, 3.63) is 28.7 Å². The second kappa shape index (κ2) is 7.78. The lowest BCUT2D eigenvalue weighted by Crippen LogP contribution is -2.28. The van der Waals surface area contributed by atoms with Gasteiger partial charge in [0.05, 0.1) is 0 Å². The molecule has 7 heteroatoms. The predicted octanol–water partition coefficient (Wildman–Crippen LogP) is 3.02. The quantitative estimate of drug-likeness (QED) is 0.820. The zero-order valence-corrected chi connectivity index (χ0v) is 14.8. The maximum Gasteiger partial charge on any atom is 0.240 e. The van der Waals surface area contributed by atoms with E-state index in [-0.39, 0.29) is 18.2 Å².